The molecule has 1 aliphatic heterocycles. The third-order valence-electron chi connectivity index (χ3n) is 5.86. The Labute approximate surface area is 210 Å². The number of aliphatic hydroxyl groups excluding tert-OH is 6. The van der Waals surface area contributed by atoms with Crippen LogP contribution in [0, 0.1) is 0 Å². The van der Waals surface area contributed by atoms with E-state index >= 15 is 0 Å². The van der Waals surface area contributed by atoms with Crippen LogP contribution < -0.4 is 0 Å². The highest BCUT2D eigenvalue weighted by atomic mass is 16.6. The molecule has 0 saturated heterocycles. The van der Waals surface area contributed by atoms with Crippen LogP contribution in [0.15, 0.2) is 11.5 Å². The summed E-state index contributed by atoms with van der Waals surface area (Å²) in [5.74, 6) is -6.08. The second-order valence-electron chi connectivity index (χ2n) is 8.69. The second kappa shape index (κ2) is 16.6. The van der Waals surface area contributed by atoms with Crippen molar-refractivity contribution in [2.45, 2.75) is 95.0 Å². The average molecular weight is 521 g/mol. The van der Waals surface area contributed by atoms with E-state index in [9.17, 15) is 39.9 Å². The van der Waals surface area contributed by atoms with Crippen molar-refractivity contribution in [2.75, 3.05) is 26.4 Å². The van der Waals surface area contributed by atoms with Gasteiger partial charge >= 0.3 is 11.9 Å². The summed E-state index contributed by atoms with van der Waals surface area (Å²) in [5.41, 5.74) is -2.80. The lowest BCUT2D eigenvalue weighted by molar-refractivity contribution is -0.180. The van der Waals surface area contributed by atoms with Gasteiger partial charge in [0.2, 0.25) is 11.5 Å². The molecule has 0 aromatic rings. The normalized spacial score (nSPS) is 20.1. The number of aliphatic hydroxyl groups is 6. The Kier molecular flexibility index (Phi) is 14.7. The summed E-state index contributed by atoms with van der Waals surface area (Å²) >= 11 is 0. The molecule has 0 aliphatic carbocycles. The van der Waals surface area contributed by atoms with Crippen molar-refractivity contribution in [1.82, 2.24) is 0 Å². The molecule has 0 fully saturated rings. The molecule has 0 amide bonds. The van der Waals surface area contributed by atoms with Crippen LogP contribution >= 0.6 is 0 Å². The van der Waals surface area contributed by atoms with Crippen LogP contribution in [0.5, 0.6) is 0 Å². The number of Topliss-reactive ketones (excluding diaryl/α,β-unsaturated/α-hetero) is 1. The fourth-order valence-corrected chi connectivity index (χ4v) is 3.77. The minimum absolute atomic E-state index is 0.103. The molecule has 1 aliphatic rings. The van der Waals surface area contributed by atoms with E-state index in [1.807, 2.05) is 0 Å². The molecule has 1 heterocycles. The number of esters is 2. The first-order chi connectivity index (χ1) is 17.2. The molecule has 208 valence electrons. The molecule has 1 rings (SSSR count). The van der Waals surface area contributed by atoms with Crippen molar-refractivity contribution in [3.63, 3.8) is 0 Å². The molecule has 0 bridgehead atoms. The van der Waals surface area contributed by atoms with E-state index < -0.39 is 73.0 Å². The van der Waals surface area contributed by atoms with E-state index in [0.717, 1.165) is 32.1 Å². The highest BCUT2D eigenvalue weighted by molar-refractivity contribution is 6.04. The molecule has 12 heteroatoms. The number of ether oxygens (including phenoxy) is 3. The number of carbonyl (C=O) groups excluding carboxylic acids is 3. The Morgan fingerprint density at radius 2 is 1.36 bits per heavy atom. The van der Waals surface area contributed by atoms with Crippen molar-refractivity contribution in [3.8, 4) is 0 Å². The van der Waals surface area contributed by atoms with Gasteiger partial charge in [-0.25, -0.2) is 9.59 Å². The zero-order valence-corrected chi connectivity index (χ0v) is 20.8. The third-order valence-corrected chi connectivity index (χ3v) is 5.86. The van der Waals surface area contributed by atoms with E-state index in [2.05, 4.69) is 6.92 Å². The molecule has 2 unspecified atom stereocenters. The Morgan fingerprint density at radius 1 is 0.833 bits per heavy atom. The van der Waals surface area contributed by atoms with E-state index in [-0.39, 0.29) is 6.61 Å². The summed E-state index contributed by atoms with van der Waals surface area (Å²) in [6.07, 6.45) is 3.94. The minimum atomic E-state index is -2.80. The zero-order chi connectivity index (χ0) is 27.1. The van der Waals surface area contributed by atoms with Crippen LogP contribution in [0.3, 0.4) is 0 Å². The molecular weight excluding hydrogens is 480 g/mol. The van der Waals surface area contributed by atoms with E-state index in [1.165, 1.54) is 25.7 Å². The number of ketones is 1. The number of hydrogen-bond acceptors (Lipinski definition) is 12. The summed E-state index contributed by atoms with van der Waals surface area (Å²) in [7, 11) is 0. The lowest BCUT2D eigenvalue weighted by Gasteiger charge is -2.33. The predicted octanol–water partition coefficient (Wildman–Crippen LogP) is -0.397. The maximum absolute atomic E-state index is 12.9. The van der Waals surface area contributed by atoms with Gasteiger partial charge in [0.25, 0.3) is 11.4 Å². The molecule has 0 radical (unpaired) electrons. The van der Waals surface area contributed by atoms with Crippen LogP contribution in [-0.2, 0) is 28.6 Å². The SMILES string of the molecule is CCCCCCCCCCCCOC1=C(OC(=O)C(O)CO)C(=O)O[C@]1(C(=O)C(O)CO)[C@@H](O)CO. The van der Waals surface area contributed by atoms with E-state index in [4.69, 9.17) is 19.3 Å². The van der Waals surface area contributed by atoms with Crippen molar-refractivity contribution in [2.24, 2.45) is 0 Å². The smallest absolute Gasteiger partial charge is 0.379 e. The van der Waals surface area contributed by atoms with Gasteiger partial charge in [0.05, 0.1) is 26.4 Å². The topological polar surface area (TPSA) is 200 Å². The number of unbranched alkanes of at least 4 members (excludes halogenated alkanes) is 9. The Bertz CT molecular complexity index is 737. The van der Waals surface area contributed by atoms with Crippen LogP contribution in [-0.4, -0.2) is 98.7 Å². The monoisotopic (exact) mass is 520 g/mol. The molecule has 4 atom stereocenters. The van der Waals surface area contributed by atoms with Crippen molar-refractivity contribution in [3.05, 3.63) is 11.5 Å². The molecule has 12 nitrogen and oxygen atoms in total. The van der Waals surface area contributed by atoms with Gasteiger partial charge in [-0.05, 0) is 6.42 Å². The van der Waals surface area contributed by atoms with Gasteiger partial charge in [-0.3, -0.25) is 4.79 Å². The molecule has 0 aromatic carbocycles. The van der Waals surface area contributed by atoms with Crippen LogP contribution in [0.1, 0.15) is 71.1 Å². The summed E-state index contributed by atoms with van der Waals surface area (Å²) in [6.45, 7) is -1.18. The summed E-state index contributed by atoms with van der Waals surface area (Å²) < 4.78 is 15.3. The van der Waals surface area contributed by atoms with Gasteiger partial charge in [0, 0.05) is 0 Å². The van der Waals surface area contributed by atoms with Gasteiger partial charge in [-0.15, -0.1) is 0 Å². The highest BCUT2D eigenvalue weighted by Crippen LogP contribution is 2.39. The molecule has 0 aromatic heterocycles. The lowest BCUT2D eigenvalue weighted by Crippen LogP contribution is -2.58. The zero-order valence-electron chi connectivity index (χ0n) is 20.8. The molecule has 36 heavy (non-hydrogen) atoms. The van der Waals surface area contributed by atoms with E-state index in [1.54, 1.807) is 0 Å². The van der Waals surface area contributed by atoms with Gasteiger partial charge < -0.3 is 44.8 Å². The van der Waals surface area contributed by atoms with Crippen molar-refractivity contribution in [1.29, 1.82) is 0 Å². The summed E-state index contributed by atoms with van der Waals surface area (Å²) in [6, 6.07) is 0. The molecule has 0 spiro atoms. The summed E-state index contributed by atoms with van der Waals surface area (Å²) in [5, 5.41) is 57.5. The standard InChI is InChI=1S/C24H40O12/c1-2-3-4-5-6-7-8-9-10-11-12-34-21-19(35-22(32)17(29)14-26)23(33)36-24(21,18(30)15-27)20(31)16(28)13-25/h16-18,25-30H,2-15H2,1H3/t16?,17?,18-,24-/m0/s1. The van der Waals surface area contributed by atoms with E-state index in [0.29, 0.717) is 6.42 Å². The Morgan fingerprint density at radius 3 is 1.86 bits per heavy atom. The van der Waals surface area contributed by atoms with Crippen LogP contribution in [0.4, 0.5) is 0 Å². The summed E-state index contributed by atoms with van der Waals surface area (Å²) in [4.78, 5) is 37.4. The number of hydrogen-bond donors (Lipinski definition) is 6. The van der Waals surface area contributed by atoms with Crippen molar-refractivity contribution >= 4 is 17.7 Å². The van der Waals surface area contributed by atoms with Gasteiger partial charge in [-0.1, -0.05) is 64.7 Å². The van der Waals surface area contributed by atoms with Gasteiger partial charge in [0.15, 0.2) is 6.10 Å². The first-order valence-electron chi connectivity index (χ1n) is 12.4. The molecule has 6 N–H and O–H groups in total. The largest absolute Gasteiger partial charge is 0.489 e. The predicted molar refractivity (Wildman–Crippen MR) is 124 cm³/mol. The Balaban J connectivity index is 2.98. The fraction of sp³-hybridized carbons (Fsp3) is 0.792. The Hall–Kier alpha value is -2.09. The highest BCUT2D eigenvalue weighted by Gasteiger charge is 2.62. The third kappa shape index (κ3) is 8.49. The van der Waals surface area contributed by atoms with Crippen molar-refractivity contribution < 1.29 is 59.2 Å². The van der Waals surface area contributed by atoms with Crippen LogP contribution in [0.25, 0.3) is 0 Å². The maximum atomic E-state index is 12.9. The lowest BCUT2D eigenvalue weighted by atomic mass is 9.87. The maximum Gasteiger partial charge on any atom is 0.379 e. The second-order valence-corrected chi connectivity index (χ2v) is 8.69. The quantitative estimate of drug-likeness (QED) is 0.0898. The molecular formula is C24H40O12. The van der Waals surface area contributed by atoms with Gasteiger partial charge in [-0.2, -0.15) is 0 Å². The van der Waals surface area contributed by atoms with Gasteiger partial charge in [0.1, 0.15) is 12.2 Å². The number of cyclic esters (lactones) is 1. The minimum Gasteiger partial charge on any atom is -0.489 e. The first-order valence-corrected chi connectivity index (χ1v) is 12.4. The fourth-order valence-electron chi connectivity index (χ4n) is 3.77. The molecule has 0 saturated carbocycles. The number of carbonyl (C=O) groups is 3. The number of rotatable bonds is 20. The first kappa shape index (κ1) is 31.9. The van der Waals surface area contributed by atoms with Crippen LogP contribution in [0.2, 0.25) is 0 Å². The average Bonchev–Trinajstić information content (AvgIpc) is 3.16.